The summed E-state index contributed by atoms with van der Waals surface area (Å²) in [5, 5.41) is 12.2. The molecule has 1 atom stereocenters. The molecule has 0 saturated heterocycles. The van der Waals surface area contributed by atoms with Gasteiger partial charge in [0.15, 0.2) is 0 Å². The van der Waals surface area contributed by atoms with Crippen LogP contribution in [-0.4, -0.2) is 48.8 Å². The minimum absolute atomic E-state index is 0.0255. The zero-order valence-electron chi connectivity index (χ0n) is 13.9. The number of aliphatic hydroxyl groups is 1. The molecular formula is C16H26FN3O2. The number of carbonyl (C=O) groups is 1. The fourth-order valence-electron chi connectivity index (χ4n) is 2.12. The van der Waals surface area contributed by atoms with Crippen molar-refractivity contribution < 1.29 is 14.3 Å². The first-order valence-electron chi connectivity index (χ1n) is 7.40. The minimum Gasteiger partial charge on any atom is -0.392 e. The summed E-state index contributed by atoms with van der Waals surface area (Å²) >= 11 is 0. The van der Waals surface area contributed by atoms with Crippen molar-refractivity contribution in [3.63, 3.8) is 0 Å². The van der Waals surface area contributed by atoms with Gasteiger partial charge in [0.1, 0.15) is 5.82 Å². The zero-order valence-corrected chi connectivity index (χ0v) is 13.9. The van der Waals surface area contributed by atoms with E-state index in [1.165, 1.54) is 6.07 Å². The summed E-state index contributed by atoms with van der Waals surface area (Å²) in [6.45, 7) is 5.91. The Balaban J connectivity index is 2.68. The highest BCUT2D eigenvalue weighted by molar-refractivity contribution is 5.74. The van der Waals surface area contributed by atoms with Gasteiger partial charge < -0.3 is 20.2 Å². The highest BCUT2D eigenvalue weighted by Crippen LogP contribution is 2.18. The predicted molar refractivity (Wildman–Crippen MR) is 86.5 cm³/mol. The Morgan fingerprint density at radius 1 is 1.32 bits per heavy atom. The summed E-state index contributed by atoms with van der Waals surface area (Å²) < 4.78 is 13.9. The number of rotatable bonds is 6. The van der Waals surface area contributed by atoms with Crippen LogP contribution in [0.3, 0.4) is 0 Å². The number of aliphatic hydroxyl groups excluding tert-OH is 1. The normalized spacial score (nSPS) is 12.2. The second-order valence-electron chi connectivity index (χ2n) is 5.93. The molecule has 22 heavy (non-hydrogen) atoms. The minimum atomic E-state index is -0.593. The molecule has 6 heteroatoms. The Bertz CT molecular complexity index is 504. The number of urea groups is 1. The van der Waals surface area contributed by atoms with Gasteiger partial charge in [-0.1, -0.05) is 6.07 Å². The van der Waals surface area contributed by atoms with E-state index in [1.807, 2.05) is 13.8 Å². The first-order valence-corrected chi connectivity index (χ1v) is 7.40. The SMILES string of the molecule is CC(O)CN(C(=O)NCc1ccc(N(C)C)c(F)c1)C(C)C. The zero-order chi connectivity index (χ0) is 16.9. The lowest BCUT2D eigenvalue weighted by molar-refractivity contribution is 0.118. The van der Waals surface area contributed by atoms with Gasteiger partial charge in [-0.05, 0) is 38.5 Å². The highest BCUT2D eigenvalue weighted by Gasteiger charge is 2.18. The summed E-state index contributed by atoms with van der Waals surface area (Å²) in [5.74, 6) is -0.318. The van der Waals surface area contributed by atoms with Gasteiger partial charge in [-0.15, -0.1) is 0 Å². The van der Waals surface area contributed by atoms with Gasteiger partial charge in [0.2, 0.25) is 0 Å². The molecule has 0 aliphatic rings. The molecule has 0 bridgehead atoms. The van der Waals surface area contributed by atoms with Gasteiger partial charge in [-0.3, -0.25) is 0 Å². The molecule has 1 aromatic rings. The van der Waals surface area contributed by atoms with E-state index in [9.17, 15) is 14.3 Å². The summed E-state index contributed by atoms with van der Waals surface area (Å²) in [4.78, 5) is 15.4. The fourth-order valence-corrected chi connectivity index (χ4v) is 2.12. The lowest BCUT2D eigenvalue weighted by Gasteiger charge is -2.28. The van der Waals surface area contributed by atoms with Crippen LogP contribution in [-0.2, 0) is 6.54 Å². The number of anilines is 1. The Hall–Kier alpha value is -1.82. The summed E-state index contributed by atoms with van der Waals surface area (Å²) in [7, 11) is 3.55. The summed E-state index contributed by atoms with van der Waals surface area (Å²) in [6.07, 6.45) is -0.593. The van der Waals surface area contributed by atoms with E-state index in [4.69, 9.17) is 0 Å². The van der Waals surface area contributed by atoms with Gasteiger partial charge in [-0.2, -0.15) is 0 Å². The summed E-state index contributed by atoms with van der Waals surface area (Å²) in [5.41, 5.74) is 1.20. The molecule has 0 aliphatic heterocycles. The Morgan fingerprint density at radius 2 is 1.95 bits per heavy atom. The van der Waals surface area contributed by atoms with Crippen LogP contribution in [0.15, 0.2) is 18.2 Å². The quantitative estimate of drug-likeness (QED) is 0.847. The lowest BCUT2D eigenvalue weighted by atomic mass is 10.2. The molecule has 2 amide bonds. The molecule has 0 radical (unpaired) electrons. The molecular weight excluding hydrogens is 285 g/mol. The standard InChI is InChI=1S/C16H26FN3O2/c1-11(2)20(10-12(3)21)16(22)18-9-13-6-7-15(19(4)5)14(17)8-13/h6-8,11-12,21H,9-10H2,1-5H3,(H,18,22). The first kappa shape index (κ1) is 18.2. The van der Waals surface area contributed by atoms with Crippen LogP contribution < -0.4 is 10.2 Å². The van der Waals surface area contributed by atoms with Crippen LogP contribution in [0, 0.1) is 5.82 Å². The van der Waals surface area contributed by atoms with Crippen molar-refractivity contribution >= 4 is 11.7 Å². The van der Waals surface area contributed by atoms with Crippen LogP contribution in [0.5, 0.6) is 0 Å². The number of hydrogen-bond donors (Lipinski definition) is 2. The van der Waals surface area contributed by atoms with E-state index in [1.54, 1.807) is 43.0 Å². The molecule has 0 spiro atoms. The van der Waals surface area contributed by atoms with Crippen molar-refractivity contribution in [2.75, 3.05) is 25.5 Å². The van der Waals surface area contributed by atoms with Crippen molar-refractivity contribution in [2.45, 2.75) is 39.5 Å². The number of amides is 2. The van der Waals surface area contributed by atoms with Gasteiger partial charge in [0.25, 0.3) is 0 Å². The molecule has 124 valence electrons. The van der Waals surface area contributed by atoms with Crippen molar-refractivity contribution in [1.29, 1.82) is 0 Å². The number of nitrogens with one attached hydrogen (secondary N) is 1. The third-order valence-corrected chi connectivity index (χ3v) is 3.28. The van der Waals surface area contributed by atoms with E-state index in [2.05, 4.69) is 5.32 Å². The van der Waals surface area contributed by atoms with Crippen molar-refractivity contribution in [3.8, 4) is 0 Å². The molecule has 1 aromatic carbocycles. The second kappa shape index (κ2) is 7.98. The average molecular weight is 311 g/mol. The number of halogens is 1. The van der Waals surface area contributed by atoms with Crippen LogP contribution in [0.1, 0.15) is 26.3 Å². The lowest BCUT2D eigenvalue weighted by Crippen LogP contribution is -2.46. The number of nitrogens with zero attached hydrogens (tertiary/aromatic N) is 2. The van der Waals surface area contributed by atoms with E-state index in [-0.39, 0.29) is 31.0 Å². The monoisotopic (exact) mass is 311 g/mol. The largest absolute Gasteiger partial charge is 0.392 e. The molecule has 1 rings (SSSR count). The summed E-state index contributed by atoms with van der Waals surface area (Å²) in [6, 6.07) is 4.60. The molecule has 0 saturated carbocycles. The number of hydrogen-bond acceptors (Lipinski definition) is 3. The van der Waals surface area contributed by atoms with Gasteiger partial charge >= 0.3 is 6.03 Å². The molecule has 1 unspecified atom stereocenters. The molecule has 0 aliphatic carbocycles. The Kier molecular flexibility index (Phi) is 6.61. The van der Waals surface area contributed by atoms with Crippen LogP contribution in [0.2, 0.25) is 0 Å². The predicted octanol–water partition coefficient (Wildman–Crippen LogP) is 2.19. The molecule has 0 aromatic heterocycles. The second-order valence-corrected chi connectivity index (χ2v) is 5.93. The highest BCUT2D eigenvalue weighted by atomic mass is 19.1. The smallest absolute Gasteiger partial charge is 0.317 e. The van der Waals surface area contributed by atoms with E-state index in [0.717, 1.165) is 0 Å². The maximum atomic E-state index is 13.9. The number of carbonyl (C=O) groups excluding carboxylic acids is 1. The van der Waals surface area contributed by atoms with E-state index < -0.39 is 6.10 Å². The van der Waals surface area contributed by atoms with Crippen LogP contribution in [0.4, 0.5) is 14.9 Å². The molecule has 0 heterocycles. The Morgan fingerprint density at radius 3 is 2.41 bits per heavy atom. The van der Waals surface area contributed by atoms with E-state index >= 15 is 0 Å². The average Bonchev–Trinajstić information content (AvgIpc) is 2.41. The van der Waals surface area contributed by atoms with Crippen LogP contribution >= 0.6 is 0 Å². The van der Waals surface area contributed by atoms with Gasteiger partial charge in [0.05, 0.1) is 11.8 Å². The maximum absolute atomic E-state index is 13.9. The van der Waals surface area contributed by atoms with Gasteiger partial charge in [0, 0.05) is 33.2 Å². The maximum Gasteiger partial charge on any atom is 0.317 e. The van der Waals surface area contributed by atoms with Crippen molar-refractivity contribution in [3.05, 3.63) is 29.6 Å². The van der Waals surface area contributed by atoms with Crippen molar-refractivity contribution in [2.24, 2.45) is 0 Å². The topological polar surface area (TPSA) is 55.8 Å². The fraction of sp³-hybridized carbons (Fsp3) is 0.562. The van der Waals surface area contributed by atoms with Crippen molar-refractivity contribution in [1.82, 2.24) is 10.2 Å². The Labute approximate surface area is 131 Å². The van der Waals surface area contributed by atoms with Crippen LogP contribution in [0.25, 0.3) is 0 Å². The van der Waals surface area contributed by atoms with E-state index in [0.29, 0.717) is 11.3 Å². The molecule has 0 fully saturated rings. The van der Waals surface area contributed by atoms with Gasteiger partial charge in [-0.25, -0.2) is 9.18 Å². The molecule has 2 N–H and O–H groups in total. The first-order chi connectivity index (χ1) is 10.2. The number of benzene rings is 1. The third-order valence-electron chi connectivity index (χ3n) is 3.28. The third kappa shape index (κ3) is 5.18. The molecule has 5 nitrogen and oxygen atoms in total.